The lowest BCUT2D eigenvalue weighted by atomic mass is 9.93. The van der Waals surface area contributed by atoms with Crippen LogP contribution >= 0.6 is 0 Å². The van der Waals surface area contributed by atoms with Gasteiger partial charge in [0.05, 0.1) is 6.54 Å². The van der Waals surface area contributed by atoms with Gasteiger partial charge in [-0.05, 0) is 55.0 Å². The Labute approximate surface area is 233 Å². The summed E-state index contributed by atoms with van der Waals surface area (Å²) in [5.41, 5.74) is 4.96. The average molecular weight is 521 g/mol. The van der Waals surface area contributed by atoms with Gasteiger partial charge in [0.2, 0.25) is 0 Å². The second-order valence-electron chi connectivity index (χ2n) is 10.9. The molecule has 202 valence electrons. The quantitative estimate of drug-likeness (QED) is 0.202. The first-order valence-corrected chi connectivity index (χ1v) is 14.4. The topological polar surface area (TPSA) is 36.7 Å². The van der Waals surface area contributed by atoms with Gasteiger partial charge in [0.15, 0.2) is 5.76 Å². The molecule has 1 aromatic heterocycles. The smallest absolute Gasteiger partial charge is 0.289 e. The van der Waals surface area contributed by atoms with Crippen molar-refractivity contribution < 1.29 is 9.21 Å². The number of furan rings is 1. The molecular formula is C35H40N2O2. The first-order valence-electron chi connectivity index (χ1n) is 14.4. The Morgan fingerprint density at radius 3 is 2.15 bits per heavy atom. The third-order valence-corrected chi connectivity index (χ3v) is 7.81. The normalized spacial score (nSPS) is 14.0. The summed E-state index contributed by atoms with van der Waals surface area (Å²) in [7, 11) is 0. The zero-order chi connectivity index (χ0) is 26.9. The molecule has 1 amide bonds. The Bertz CT molecular complexity index is 1310. The van der Waals surface area contributed by atoms with Crippen molar-refractivity contribution in [3.05, 3.63) is 131 Å². The van der Waals surface area contributed by atoms with E-state index in [1.807, 2.05) is 53.4 Å². The van der Waals surface area contributed by atoms with Crippen LogP contribution in [0, 0.1) is 6.92 Å². The minimum atomic E-state index is -0.0519. The summed E-state index contributed by atoms with van der Waals surface area (Å²) in [4.78, 5) is 18.2. The number of aryl methyl sites for hydroxylation is 1. The third kappa shape index (κ3) is 7.70. The fourth-order valence-corrected chi connectivity index (χ4v) is 5.70. The zero-order valence-electron chi connectivity index (χ0n) is 23.1. The lowest BCUT2D eigenvalue weighted by Crippen LogP contribution is -2.35. The molecule has 3 aromatic carbocycles. The number of carbonyl (C=O) groups is 1. The van der Waals surface area contributed by atoms with Gasteiger partial charge < -0.3 is 9.32 Å². The van der Waals surface area contributed by atoms with Crippen LogP contribution in [0.5, 0.6) is 0 Å². The lowest BCUT2D eigenvalue weighted by Gasteiger charge is -2.34. The first kappa shape index (κ1) is 27.0. The van der Waals surface area contributed by atoms with Crippen LogP contribution < -0.4 is 0 Å². The zero-order valence-corrected chi connectivity index (χ0v) is 23.1. The fraction of sp³-hybridized carbons (Fsp3) is 0.343. The largest absolute Gasteiger partial charge is 0.455 e. The molecule has 1 aliphatic rings. The molecule has 39 heavy (non-hydrogen) atoms. The van der Waals surface area contributed by atoms with E-state index >= 15 is 0 Å². The molecule has 0 saturated heterocycles. The van der Waals surface area contributed by atoms with Crippen molar-refractivity contribution in [3.8, 4) is 0 Å². The minimum Gasteiger partial charge on any atom is -0.455 e. The monoisotopic (exact) mass is 520 g/mol. The van der Waals surface area contributed by atoms with Gasteiger partial charge in [0.25, 0.3) is 5.91 Å². The molecule has 1 heterocycles. The summed E-state index contributed by atoms with van der Waals surface area (Å²) in [5.74, 6) is 1.23. The number of carbonyl (C=O) groups excluding carboxylic acids is 1. The number of benzene rings is 3. The van der Waals surface area contributed by atoms with Crippen LogP contribution in [0.15, 0.2) is 101 Å². The summed E-state index contributed by atoms with van der Waals surface area (Å²) < 4.78 is 6.27. The molecule has 1 fully saturated rings. The third-order valence-electron chi connectivity index (χ3n) is 7.81. The van der Waals surface area contributed by atoms with E-state index < -0.39 is 0 Å². The Balaban J connectivity index is 1.31. The SMILES string of the molecule is Cc1cccc(CN(Cc2ccc(C(=O)N(CCc3ccccc3)Cc3ccccc3)o2)C2CCCCC2)c1. The van der Waals surface area contributed by atoms with Crippen LogP contribution in [-0.4, -0.2) is 28.3 Å². The highest BCUT2D eigenvalue weighted by Gasteiger charge is 2.24. The number of amides is 1. The van der Waals surface area contributed by atoms with Gasteiger partial charge in [-0.15, -0.1) is 0 Å². The van der Waals surface area contributed by atoms with Crippen molar-refractivity contribution in [2.75, 3.05) is 6.54 Å². The van der Waals surface area contributed by atoms with E-state index in [9.17, 15) is 4.79 Å². The molecule has 0 unspecified atom stereocenters. The Hall–Kier alpha value is -3.63. The molecule has 1 saturated carbocycles. The van der Waals surface area contributed by atoms with E-state index in [4.69, 9.17) is 4.42 Å². The summed E-state index contributed by atoms with van der Waals surface area (Å²) in [5, 5.41) is 0. The molecule has 0 atom stereocenters. The van der Waals surface area contributed by atoms with Gasteiger partial charge in [-0.1, -0.05) is 110 Å². The summed E-state index contributed by atoms with van der Waals surface area (Å²) >= 11 is 0. The van der Waals surface area contributed by atoms with E-state index in [2.05, 4.69) is 60.4 Å². The molecule has 4 aromatic rings. The molecule has 0 radical (unpaired) electrons. The molecule has 0 N–H and O–H groups in total. The molecule has 4 heteroatoms. The van der Waals surface area contributed by atoms with E-state index in [1.54, 1.807) is 0 Å². The number of rotatable bonds is 11. The minimum absolute atomic E-state index is 0.0519. The number of nitrogens with zero attached hydrogens (tertiary/aromatic N) is 2. The maximum Gasteiger partial charge on any atom is 0.289 e. The van der Waals surface area contributed by atoms with Crippen LogP contribution in [-0.2, 0) is 26.1 Å². The van der Waals surface area contributed by atoms with Crippen LogP contribution in [0.3, 0.4) is 0 Å². The fourth-order valence-electron chi connectivity index (χ4n) is 5.70. The Morgan fingerprint density at radius 2 is 1.44 bits per heavy atom. The van der Waals surface area contributed by atoms with Crippen molar-refractivity contribution in [1.82, 2.24) is 9.80 Å². The van der Waals surface area contributed by atoms with Gasteiger partial charge in [0.1, 0.15) is 5.76 Å². The van der Waals surface area contributed by atoms with Gasteiger partial charge in [-0.2, -0.15) is 0 Å². The predicted octanol–water partition coefficient (Wildman–Crippen LogP) is 7.81. The molecule has 0 aliphatic heterocycles. The van der Waals surface area contributed by atoms with Crippen LogP contribution in [0.2, 0.25) is 0 Å². The van der Waals surface area contributed by atoms with Crippen molar-refractivity contribution in [2.45, 2.75) is 71.1 Å². The summed E-state index contributed by atoms with van der Waals surface area (Å²) in [6.07, 6.45) is 7.15. The molecule has 4 nitrogen and oxygen atoms in total. The molecule has 0 bridgehead atoms. The lowest BCUT2D eigenvalue weighted by molar-refractivity contribution is 0.0705. The Kier molecular flexibility index (Phi) is 9.29. The standard InChI is InChI=1S/C35H40N2O2/c1-28-12-11-17-31(24-28)26-37(32-18-9-4-10-19-32)27-33-20-21-34(39-33)35(38)36(25-30-15-7-3-8-16-30)23-22-29-13-5-2-6-14-29/h2-3,5-8,11-17,20-21,24,32H,4,9-10,18-19,22-23,25-27H2,1H3. The van der Waals surface area contributed by atoms with E-state index in [0.29, 0.717) is 31.4 Å². The second kappa shape index (κ2) is 13.4. The second-order valence-corrected chi connectivity index (χ2v) is 10.9. The van der Waals surface area contributed by atoms with Crippen molar-refractivity contribution >= 4 is 5.91 Å². The average Bonchev–Trinajstić information content (AvgIpc) is 3.45. The Morgan fingerprint density at radius 1 is 0.744 bits per heavy atom. The highest BCUT2D eigenvalue weighted by atomic mass is 16.4. The van der Waals surface area contributed by atoms with Crippen molar-refractivity contribution in [1.29, 1.82) is 0 Å². The molecule has 5 rings (SSSR count). The van der Waals surface area contributed by atoms with Crippen LogP contribution in [0.25, 0.3) is 0 Å². The van der Waals surface area contributed by atoms with E-state index in [0.717, 1.165) is 24.3 Å². The highest BCUT2D eigenvalue weighted by Crippen LogP contribution is 2.27. The number of hydrogen-bond acceptors (Lipinski definition) is 3. The van der Waals surface area contributed by atoms with Gasteiger partial charge in [0, 0.05) is 25.7 Å². The predicted molar refractivity (Wildman–Crippen MR) is 157 cm³/mol. The summed E-state index contributed by atoms with van der Waals surface area (Å²) in [6, 6.07) is 33.7. The number of hydrogen-bond donors (Lipinski definition) is 0. The van der Waals surface area contributed by atoms with Crippen LogP contribution in [0.4, 0.5) is 0 Å². The maximum absolute atomic E-state index is 13.7. The first-order chi connectivity index (χ1) is 19.1. The maximum atomic E-state index is 13.7. The molecule has 0 spiro atoms. The van der Waals surface area contributed by atoms with Gasteiger partial charge in [-0.25, -0.2) is 0 Å². The molecular weight excluding hydrogens is 480 g/mol. The van der Waals surface area contributed by atoms with Gasteiger partial charge in [-0.3, -0.25) is 9.69 Å². The van der Waals surface area contributed by atoms with Crippen molar-refractivity contribution in [2.24, 2.45) is 0 Å². The van der Waals surface area contributed by atoms with E-state index in [-0.39, 0.29) is 5.91 Å². The van der Waals surface area contributed by atoms with Gasteiger partial charge >= 0.3 is 0 Å². The summed E-state index contributed by atoms with van der Waals surface area (Å²) in [6.45, 7) is 4.96. The molecule has 1 aliphatic carbocycles. The van der Waals surface area contributed by atoms with Crippen molar-refractivity contribution in [3.63, 3.8) is 0 Å². The van der Waals surface area contributed by atoms with E-state index in [1.165, 1.54) is 48.8 Å². The highest BCUT2D eigenvalue weighted by molar-refractivity contribution is 5.91. The van der Waals surface area contributed by atoms with Crippen LogP contribution in [0.1, 0.15) is 70.7 Å².